The molecule has 1 rings (SSSR count). The van der Waals surface area contributed by atoms with Crippen molar-refractivity contribution in [3.05, 3.63) is 32.9 Å². The molecule has 0 aliphatic heterocycles. The highest BCUT2D eigenvalue weighted by molar-refractivity contribution is 14.1. The largest absolute Gasteiger partial charge is 0.462 e. The monoisotopic (exact) mass is 464 g/mol. The molecule has 2 atom stereocenters. The van der Waals surface area contributed by atoms with Crippen molar-refractivity contribution in [2.45, 2.75) is 38.9 Å². The van der Waals surface area contributed by atoms with Gasteiger partial charge in [-0.2, -0.15) is 0 Å². The molecule has 0 aliphatic carbocycles. The minimum Gasteiger partial charge on any atom is -0.462 e. The zero-order valence-corrected chi connectivity index (χ0v) is 17.2. The van der Waals surface area contributed by atoms with Crippen LogP contribution in [0.4, 0.5) is 0 Å². The Labute approximate surface area is 162 Å². The van der Waals surface area contributed by atoms with Crippen LogP contribution in [0.15, 0.2) is 18.2 Å². The maximum Gasteiger partial charge on any atom is 0.339 e. The highest BCUT2D eigenvalue weighted by atomic mass is 127. The van der Waals surface area contributed by atoms with Crippen molar-refractivity contribution < 1.29 is 28.5 Å². The smallest absolute Gasteiger partial charge is 0.339 e. The Morgan fingerprint density at radius 2 is 1.40 bits per heavy atom. The van der Waals surface area contributed by atoms with E-state index in [9.17, 15) is 9.59 Å². The van der Waals surface area contributed by atoms with Crippen LogP contribution in [0.25, 0.3) is 0 Å². The second-order valence-electron chi connectivity index (χ2n) is 5.63. The van der Waals surface area contributed by atoms with E-state index < -0.39 is 11.9 Å². The third-order valence-electron chi connectivity index (χ3n) is 3.74. The Bertz CT molecular complexity index is 575. The zero-order chi connectivity index (χ0) is 18.8. The van der Waals surface area contributed by atoms with Crippen LogP contribution >= 0.6 is 22.6 Å². The molecule has 0 aromatic heterocycles. The molecule has 0 bridgehead atoms. The third kappa shape index (κ3) is 7.70. The molecule has 0 spiro atoms. The van der Waals surface area contributed by atoms with E-state index in [2.05, 4.69) is 22.6 Å². The summed E-state index contributed by atoms with van der Waals surface area (Å²) in [6.07, 6.45) is 1.16. The fraction of sp³-hybridized carbons (Fsp3) is 0.556. The molecule has 0 aliphatic rings. The van der Waals surface area contributed by atoms with Gasteiger partial charge in [0.25, 0.3) is 0 Å². The number of carbonyl (C=O) groups is 2. The average Bonchev–Trinajstić information content (AvgIpc) is 2.60. The number of esters is 2. The normalized spacial score (nSPS) is 13.2. The Morgan fingerprint density at radius 1 is 0.920 bits per heavy atom. The SMILES string of the molecule is CO[C@H](C)CCOC(=O)c1ccc(I)cc1C(=O)OCC[C@H](C)OC. The molecule has 0 heterocycles. The van der Waals surface area contributed by atoms with Crippen molar-refractivity contribution in [1.29, 1.82) is 0 Å². The van der Waals surface area contributed by atoms with Gasteiger partial charge >= 0.3 is 11.9 Å². The van der Waals surface area contributed by atoms with E-state index in [-0.39, 0.29) is 36.5 Å². The maximum atomic E-state index is 12.3. The number of benzene rings is 1. The van der Waals surface area contributed by atoms with Crippen LogP contribution in [0.1, 0.15) is 47.4 Å². The summed E-state index contributed by atoms with van der Waals surface area (Å²) in [5, 5.41) is 0. The van der Waals surface area contributed by atoms with Crippen LogP contribution in [0.3, 0.4) is 0 Å². The third-order valence-corrected chi connectivity index (χ3v) is 4.41. The van der Waals surface area contributed by atoms with Gasteiger partial charge in [0.1, 0.15) is 0 Å². The molecule has 140 valence electrons. The summed E-state index contributed by atoms with van der Waals surface area (Å²) in [7, 11) is 3.20. The Kier molecular flexibility index (Phi) is 9.99. The van der Waals surface area contributed by atoms with Crippen molar-refractivity contribution >= 4 is 34.5 Å². The Balaban J connectivity index is 2.73. The van der Waals surface area contributed by atoms with Gasteiger partial charge in [0.05, 0.1) is 36.5 Å². The number of carbonyl (C=O) groups excluding carboxylic acids is 2. The highest BCUT2D eigenvalue weighted by Gasteiger charge is 2.20. The molecule has 0 amide bonds. The second-order valence-corrected chi connectivity index (χ2v) is 6.88. The van der Waals surface area contributed by atoms with Crippen molar-refractivity contribution in [1.82, 2.24) is 0 Å². The summed E-state index contributed by atoms with van der Waals surface area (Å²) in [6, 6.07) is 4.95. The topological polar surface area (TPSA) is 71.1 Å². The van der Waals surface area contributed by atoms with Crippen LogP contribution in [0.2, 0.25) is 0 Å². The number of rotatable bonds is 10. The van der Waals surface area contributed by atoms with Gasteiger partial charge < -0.3 is 18.9 Å². The number of hydrogen-bond acceptors (Lipinski definition) is 6. The number of halogens is 1. The van der Waals surface area contributed by atoms with E-state index >= 15 is 0 Å². The zero-order valence-electron chi connectivity index (χ0n) is 15.0. The van der Waals surface area contributed by atoms with Gasteiger partial charge in [0.2, 0.25) is 0 Å². The first kappa shape index (κ1) is 21.9. The Morgan fingerprint density at radius 3 is 1.88 bits per heavy atom. The molecule has 0 N–H and O–H groups in total. The van der Waals surface area contributed by atoms with Crippen LogP contribution in [0.5, 0.6) is 0 Å². The van der Waals surface area contributed by atoms with E-state index in [4.69, 9.17) is 18.9 Å². The molecule has 0 saturated heterocycles. The summed E-state index contributed by atoms with van der Waals surface area (Å²) < 4.78 is 21.6. The van der Waals surface area contributed by atoms with Gasteiger partial charge in [0, 0.05) is 30.6 Å². The van der Waals surface area contributed by atoms with E-state index in [1.807, 2.05) is 13.8 Å². The van der Waals surface area contributed by atoms with Crippen LogP contribution < -0.4 is 0 Å². The minimum absolute atomic E-state index is 0.00303. The van der Waals surface area contributed by atoms with Gasteiger partial charge in [-0.15, -0.1) is 0 Å². The molecular formula is C18H25IO6. The molecule has 0 saturated carbocycles. The van der Waals surface area contributed by atoms with Gasteiger partial charge in [-0.1, -0.05) is 0 Å². The van der Waals surface area contributed by atoms with Gasteiger partial charge in [0.15, 0.2) is 0 Å². The van der Waals surface area contributed by atoms with Crippen molar-refractivity contribution in [2.75, 3.05) is 27.4 Å². The first-order valence-corrected chi connectivity index (χ1v) is 9.16. The maximum absolute atomic E-state index is 12.3. The highest BCUT2D eigenvalue weighted by Crippen LogP contribution is 2.17. The first-order chi connectivity index (χ1) is 11.9. The van der Waals surface area contributed by atoms with E-state index in [1.54, 1.807) is 32.4 Å². The summed E-state index contributed by atoms with van der Waals surface area (Å²) >= 11 is 2.08. The van der Waals surface area contributed by atoms with Gasteiger partial charge in [-0.3, -0.25) is 0 Å². The summed E-state index contributed by atoms with van der Waals surface area (Å²) in [6.45, 7) is 4.23. The molecule has 0 radical (unpaired) electrons. The van der Waals surface area contributed by atoms with Crippen LogP contribution in [0, 0.1) is 3.57 Å². The number of hydrogen-bond donors (Lipinski definition) is 0. The van der Waals surface area contributed by atoms with E-state index in [0.717, 1.165) is 3.57 Å². The first-order valence-electron chi connectivity index (χ1n) is 8.08. The fourth-order valence-electron chi connectivity index (χ4n) is 1.89. The van der Waals surface area contributed by atoms with Gasteiger partial charge in [-0.25, -0.2) is 9.59 Å². The molecule has 0 unspecified atom stereocenters. The number of methoxy groups -OCH3 is 2. The minimum atomic E-state index is -0.545. The molecule has 6 nitrogen and oxygen atoms in total. The molecule has 0 fully saturated rings. The van der Waals surface area contributed by atoms with Gasteiger partial charge in [-0.05, 0) is 54.6 Å². The van der Waals surface area contributed by atoms with Crippen LogP contribution in [-0.4, -0.2) is 51.6 Å². The predicted octanol–water partition coefficient (Wildman–Crippen LogP) is 3.45. The lowest BCUT2D eigenvalue weighted by Gasteiger charge is -2.13. The summed E-state index contributed by atoms with van der Waals surface area (Å²) in [5.41, 5.74) is 0.414. The predicted molar refractivity (Wildman–Crippen MR) is 102 cm³/mol. The van der Waals surface area contributed by atoms with Crippen molar-refractivity contribution in [3.8, 4) is 0 Å². The number of ether oxygens (including phenoxy) is 4. The van der Waals surface area contributed by atoms with E-state index in [0.29, 0.717) is 12.8 Å². The summed E-state index contributed by atoms with van der Waals surface area (Å²) in [4.78, 5) is 24.6. The lowest BCUT2D eigenvalue weighted by molar-refractivity contribution is 0.0347. The molecular weight excluding hydrogens is 439 g/mol. The lowest BCUT2D eigenvalue weighted by Crippen LogP contribution is -2.18. The van der Waals surface area contributed by atoms with Crippen molar-refractivity contribution in [2.24, 2.45) is 0 Å². The molecule has 1 aromatic rings. The van der Waals surface area contributed by atoms with Crippen LogP contribution in [-0.2, 0) is 18.9 Å². The lowest BCUT2D eigenvalue weighted by atomic mass is 10.1. The molecule has 1 aromatic carbocycles. The summed E-state index contributed by atoms with van der Waals surface area (Å²) in [5.74, 6) is -1.09. The molecule has 7 heteroatoms. The fourth-order valence-corrected chi connectivity index (χ4v) is 2.38. The van der Waals surface area contributed by atoms with E-state index in [1.165, 1.54) is 0 Å². The average molecular weight is 464 g/mol. The second kappa shape index (κ2) is 11.4. The standard InChI is InChI=1S/C18H25IO6/c1-12(22-3)7-9-24-17(20)15-6-5-14(19)11-16(15)18(21)25-10-8-13(2)23-4/h5-6,11-13H,7-10H2,1-4H3/t12-,13+/m1/s1. The van der Waals surface area contributed by atoms with Crippen molar-refractivity contribution in [3.63, 3.8) is 0 Å². The quantitative estimate of drug-likeness (QED) is 0.390. The Hall–Kier alpha value is -1.19. The molecule has 25 heavy (non-hydrogen) atoms.